The molecule has 4 rings (SSSR count). The average Bonchev–Trinajstić information content (AvgIpc) is 3.31. The van der Waals surface area contributed by atoms with Crippen molar-refractivity contribution in [3.8, 4) is 17.2 Å². The number of anilines is 1. The van der Waals surface area contributed by atoms with Crippen molar-refractivity contribution in [2.45, 2.75) is 13.8 Å². The van der Waals surface area contributed by atoms with Gasteiger partial charge in [0.2, 0.25) is 0 Å². The van der Waals surface area contributed by atoms with Gasteiger partial charge in [-0.05, 0) is 36.0 Å². The van der Waals surface area contributed by atoms with Crippen LogP contribution in [0.4, 0.5) is 5.13 Å². The predicted octanol–water partition coefficient (Wildman–Crippen LogP) is 5.89. The van der Waals surface area contributed by atoms with E-state index in [9.17, 15) is 4.79 Å². The van der Waals surface area contributed by atoms with Crippen molar-refractivity contribution >= 4 is 55.8 Å². The first-order valence-electron chi connectivity index (χ1n) is 11.7. The summed E-state index contributed by atoms with van der Waals surface area (Å²) in [7, 11) is 4.80. The molecule has 0 fully saturated rings. The lowest BCUT2D eigenvalue weighted by Crippen LogP contribution is -2.39. The van der Waals surface area contributed by atoms with Crippen LogP contribution in [-0.4, -0.2) is 63.3 Å². The number of methoxy groups -OCH3 is 3. The van der Waals surface area contributed by atoms with Crippen LogP contribution in [0.25, 0.3) is 21.0 Å². The minimum atomic E-state index is -0.141. The number of carbonyl (C=O) groups excluding carboxylic acids is 1. The number of hydrogen-bond acceptors (Lipinski definition) is 7. The monoisotopic (exact) mass is 529 g/mol. The van der Waals surface area contributed by atoms with Crippen LogP contribution in [0, 0.1) is 0 Å². The number of amides is 1. The fraction of sp³-hybridized carbons (Fsp3) is 0.333. The van der Waals surface area contributed by atoms with Gasteiger partial charge >= 0.3 is 0 Å². The molecule has 192 valence electrons. The Morgan fingerprint density at radius 1 is 0.861 bits per heavy atom. The molecule has 0 atom stereocenters. The molecular weight excluding hydrogens is 498 g/mol. The molecule has 4 aromatic rings. The van der Waals surface area contributed by atoms with Crippen molar-refractivity contribution in [1.29, 1.82) is 0 Å². The van der Waals surface area contributed by atoms with Gasteiger partial charge in [-0.3, -0.25) is 9.69 Å². The average molecular weight is 530 g/mol. The molecule has 0 saturated carbocycles. The van der Waals surface area contributed by atoms with Gasteiger partial charge in [-0.15, -0.1) is 12.4 Å². The van der Waals surface area contributed by atoms with E-state index in [2.05, 4.69) is 18.7 Å². The van der Waals surface area contributed by atoms with E-state index in [4.69, 9.17) is 19.2 Å². The zero-order valence-electron chi connectivity index (χ0n) is 21.2. The first-order valence-corrected chi connectivity index (χ1v) is 12.5. The van der Waals surface area contributed by atoms with E-state index in [1.54, 1.807) is 26.2 Å². The highest BCUT2D eigenvalue weighted by Crippen LogP contribution is 2.38. The molecule has 0 bridgehead atoms. The van der Waals surface area contributed by atoms with Gasteiger partial charge in [-0.25, -0.2) is 4.98 Å². The summed E-state index contributed by atoms with van der Waals surface area (Å²) in [5.74, 6) is 1.64. The van der Waals surface area contributed by atoms with E-state index >= 15 is 0 Å². The van der Waals surface area contributed by atoms with Crippen molar-refractivity contribution in [1.82, 2.24) is 9.88 Å². The lowest BCUT2D eigenvalue weighted by atomic mass is 10.0. The van der Waals surface area contributed by atoms with Gasteiger partial charge in [0.05, 0.1) is 37.1 Å². The van der Waals surface area contributed by atoms with E-state index in [-0.39, 0.29) is 18.3 Å². The predicted molar refractivity (Wildman–Crippen MR) is 150 cm³/mol. The third kappa shape index (κ3) is 5.51. The topological polar surface area (TPSA) is 64.1 Å². The molecule has 7 nitrogen and oxygen atoms in total. The summed E-state index contributed by atoms with van der Waals surface area (Å²) < 4.78 is 17.5. The lowest BCUT2D eigenvalue weighted by Gasteiger charge is -2.25. The Bertz CT molecular complexity index is 1300. The number of aromatic nitrogens is 1. The molecule has 3 aromatic carbocycles. The number of halogens is 1. The second kappa shape index (κ2) is 12.3. The zero-order valence-corrected chi connectivity index (χ0v) is 22.9. The minimum Gasteiger partial charge on any atom is -0.496 e. The molecule has 0 radical (unpaired) electrons. The number of benzene rings is 3. The van der Waals surface area contributed by atoms with Crippen molar-refractivity contribution < 1.29 is 19.0 Å². The van der Waals surface area contributed by atoms with E-state index in [1.807, 2.05) is 48.5 Å². The molecule has 36 heavy (non-hydrogen) atoms. The number of nitrogens with zero attached hydrogens (tertiary/aromatic N) is 3. The van der Waals surface area contributed by atoms with E-state index < -0.39 is 0 Å². The number of rotatable bonds is 10. The number of ether oxygens (including phenoxy) is 3. The summed E-state index contributed by atoms with van der Waals surface area (Å²) in [6.07, 6.45) is 0. The molecule has 0 aliphatic heterocycles. The summed E-state index contributed by atoms with van der Waals surface area (Å²) in [6.45, 7) is 7.30. The van der Waals surface area contributed by atoms with Crippen molar-refractivity contribution in [2.24, 2.45) is 0 Å². The molecule has 0 saturated heterocycles. The summed E-state index contributed by atoms with van der Waals surface area (Å²) in [6, 6.07) is 15.5. The van der Waals surface area contributed by atoms with Gasteiger partial charge in [-0.1, -0.05) is 49.4 Å². The molecule has 1 heterocycles. The highest BCUT2D eigenvalue weighted by atomic mass is 35.5. The normalized spacial score (nSPS) is 10.9. The SMILES string of the molecule is CCN(CC)CCN(C(=O)c1cc2ccccc2cc1OC)c1nc2cc(OC)c(OC)cc2s1.Cl. The van der Waals surface area contributed by atoms with Crippen molar-refractivity contribution in [2.75, 3.05) is 52.4 Å². The summed E-state index contributed by atoms with van der Waals surface area (Å²) in [4.78, 5) is 22.9. The van der Waals surface area contributed by atoms with Crippen LogP contribution in [0.3, 0.4) is 0 Å². The van der Waals surface area contributed by atoms with E-state index in [0.29, 0.717) is 34.5 Å². The third-order valence-electron chi connectivity index (χ3n) is 6.19. The quantitative estimate of drug-likeness (QED) is 0.255. The molecule has 0 unspecified atom stereocenters. The van der Waals surface area contributed by atoms with Gasteiger partial charge < -0.3 is 19.1 Å². The van der Waals surface area contributed by atoms with Gasteiger partial charge in [0.15, 0.2) is 16.6 Å². The van der Waals surface area contributed by atoms with Gasteiger partial charge in [-0.2, -0.15) is 0 Å². The molecule has 0 spiro atoms. The fourth-order valence-electron chi connectivity index (χ4n) is 4.12. The van der Waals surface area contributed by atoms with Gasteiger partial charge in [0, 0.05) is 25.2 Å². The standard InChI is InChI=1S/C27H31N3O4S.ClH/c1-6-29(7-2)12-13-30(27-28-21-16-23(33-4)24(34-5)17-25(21)35-27)26(31)20-14-18-10-8-9-11-19(18)15-22(20)32-3;/h8-11,14-17H,6-7,12-13H2,1-5H3;1H. The van der Waals surface area contributed by atoms with Crippen LogP contribution in [-0.2, 0) is 0 Å². The second-order valence-electron chi connectivity index (χ2n) is 8.05. The summed E-state index contributed by atoms with van der Waals surface area (Å²) >= 11 is 1.46. The molecule has 0 aliphatic rings. The van der Waals surface area contributed by atoms with Crippen LogP contribution in [0.5, 0.6) is 17.2 Å². The molecule has 1 amide bonds. The van der Waals surface area contributed by atoms with Crippen LogP contribution in [0.1, 0.15) is 24.2 Å². The van der Waals surface area contributed by atoms with Gasteiger partial charge in [0.1, 0.15) is 5.75 Å². The second-order valence-corrected chi connectivity index (χ2v) is 9.06. The van der Waals surface area contributed by atoms with Crippen molar-refractivity contribution in [3.05, 3.63) is 54.1 Å². The Morgan fingerprint density at radius 3 is 2.08 bits per heavy atom. The Balaban J connectivity index is 0.00000361. The third-order valence-corrected chi connectivity index (χ3v) is 7.23. The zero-order chi connectivity index (χ0) is 24.9. The van der Waals surface area contributed by atoms with Crippen LogP contribution >= 0.6 is 23.7 Å². The molecule has 9 heteroatoms. The lowest BCUT2D eigenvalue weighted by molar-refractivity contribution is 0.0981. The maximum Gasteiger partial charge on any atom is 0.263 e. The molecule has 1 aromatic heterocycles. The first-order chi connectivity index (χ1) is 17.0. The number of fused-ring (bicyclic) bond motifs is 2. The largest absolute Gasteiger partial charge is 0.496 e. The summed E-state index contributed by atoms with van der Waals surface area (Å²) in [5.41, 5.74) is 1.27. The van der Waals surface area contributed by atoms with Crippen LogP contribution < -0.4 is 19.1 Å². The maximum atomic E-state index is 14.0. The molecule has 0 aliphatic carbocycles. The Hall–Kier alpha value is -3.07. The fourth-order valence-corrected chi connectivity index (χ4v) is 5.12. The number of hydrogen-bond donors (Lipinski definition) is 0. The molecule has 0 N–H and O–H groups in total. The van der Waals surface area contributed by atoms with Crippen LogP contribution in [0.15, 0.2) is 48.5 Å². The maximum absolute atomic E-state index is 14.0. The van der Waals surface area contributed by atoms with Crippen LogP contribution in [0.2, 0.25) is 0 Å². The number of thiazole rings is 1. The van der Waals surface area contributed by atoms with E-state index in [0.717, 1.165) is 40.6 Å². The number of carbonyl (C=O) groups is 1. The Labute approximate surface area is 222 Å². The van der Waals surface area contributed by atoms with Crippen molar-refractivity contribution in [3.63, 3.8) is 0 Å². The highest BCUT2D eigenvalue weighted by Gasteiger charge is 2.25. The smallest absolute Gasteiger partial charge is 0.263 e. The Morgan fingerprint density at radius 2 is 1.47 bits per heavy atom. The van der Waals surface area contributed by atoms with Gasteiger partial charge in [0.25, 0.3) is 5.91 Å². The highest BCUT2D eigenvalue weighted by molar-refractivity contribution is 7.22. The first kappa shape index (κ1) is 27.5. The summed E-state index contributed by atoms with van der Waals surface area (Å²) in [5, 5.41) is 2.64. The number of likely N-dealkylation sites (N-methyl/N-ethyl adjacent to an activating group) is 1. The Kier molecular flexibility index (Phi) is 9.37. The molecular formula is C27H32ClN3O4S. The minimum absolute atomic E-state index is 0. The van der Waals surface area contributed by atoms with E-state index in [1.165, 1.54) is 11.3 Å².